The smallest absolute Gasteiger partial charge is 0.169 e. The van der Waals surface area contributed by atoms with Crippen molar-refractivity contribution in [1.29, 1.82) is 0 Å². The molecular weight excluding hydrogens is 332 g/mol. The van der Waals surface area contributed by atoms with E-state index in [0.29, 0.717) is 11.3 Å². The maximum Gasteiger partial charge on any atom is 0.169 e. The lowest BCUT2D eigenvalue weighted by atomic mass is 10.2. The largest absolute Gasteiger partial charge is 0.612 e. The molecule has 0 fully saturated rings. The zero-order chi connectivity index (χ0) is 17.0. The van der Waals surface area contributed by atoms with Crippen molar-refractivity contribution in [3.63, 3.8) is 0 Å². The fraction of sp³-hybridized carbons (Fsp3) is 0.125. The molecule has 0 aliphatic carbocycles. The van der Waals surface area contributed by atoms with Crippen LogP contribution in [0.5, 0.6) is 5.75 Å². The Hall–Kier alpha value is -1.99. The summed E-state index contributed by atoms with van der Waals surface area (Å²) in [6.45, 7) is 0. The summed E-state index contributed by atoms with van der Waals surface area (Å²) in [7, 11) is 1.51. The average molecular weight is 344 g/mol. The molecule has 0 bridgehead atoms. The van der Waals surface area contributed by atoms with Crippen molar-refractivity contribution in [2.75, 3.05) is 7.11 Å². The van der Waals surface area contributed by atoms with Gasteiger partial charge in [-0.2, -0.15) is 0 Å². The van der Waals surface area contributed by atoms with Crippen molar-refractivity contribution in [2.24, 2.45) is 0 Å². The number of rotatable bonds is 5. The number of hydrogen-bond donors (Lipinski definition) is 0. The third-order valence-corrected chi connectivity index (χ3v) is 4.06. The maximum atomic E-state index is 13.5. The van der Waals surface area contributed by atoms with Gasteiger partial charge in [-0.3, -0.25) is 0 Å². The summed E-state index contributed by atoms with van der Waals surface area (Å²) >= 11 is -1.61. The van der Waals surface area contributed by atoms with Crippen molar-refractivity contribution in [3.8, 4) is 5.75 Å². The molecule has 0 saturated carbocycles. The average Bonchev–Trinajstić information content (AvgIpc) is 2.53. The fourth-order valence-corrected chi connectivity index (χ4v) is 2.72. The summed E-state index contributed by atoms with van der Waals surface area (Å²) in [5.74, 6) is -5.35. The van der Waals surface area contributed by atoms with Gasteiger partial charge in [-0.15, -0.1) is 0 Å². The minimum atomic E-state index is -1.61. The third kappa shape index (κ3) is 4.27. The lowest BCUT2D eigenvalue weighted by Crippen LogP contribution is -2.02. The molecule has 7 heteroatoms. The normalized spacial score (nSPS) is 12.6. The molecule has 0 heterocycles. The van der Waals surface area contributed by atoms with Gasteiger partial charge in [-0.25, -0.2) is 17.6 Å². The van der Waals surface area contributed by atoms with Gasteiger partial charge >= 0.3 is 0 Å². The first-order chi connectivity index (χ1) is 10.9. The van der Waals surface area contributed by atoms with Gasteiger partial charge in [0.25, 0.3) is 0 Å². The summed E-state index contributed by atoms with van der Waals surface area (Å²) in [5.41, 5.74) is -0.189. The van der Waals surface area contributed by atoms with Crippen LogP contribution in [0, 0.1) is 23.3 Å². The Morgan fingerprint density at radius 1 is 1.04 bits per heavy atom. The second kappa shape index (κ2) is 7.52. The van der Waals surface area contributed by atoms with Gasteiger partial charge in [0, 0.05) is 11.6 Å². The molecule has 0 amide bonds. The Morgan fingerprint density at radius 2 is 1.61 bits per heavy atom. The van der Waals surface area contributed by atoms with Crippen LogP contribution in [0.1, 0.15) is 11.1 Å². The molecule has 0 aromatic heterocycles. The van der Waals surface area contributed by atoms with E-state index in [4.69, 9.17) is 4.74 Å². The molecule has 122 valence electrons. The Balaban J connectivity index is 2.13. The molecule has 1 unspecified atom stereocenters. The van der Waals surface area contributed by atoms with E-state index in [-0.39, 0.29) is 11.8 Å². The second-order valence-electron chi connectivity index (χ2n) is 4.56. The van der Waals surface area contributed by atoms with E-state index in [0.717, 1.165) is 11.5 Å². The molecule has 0 spiro atoms. The molecule has 0 N–H and O–H groups in total. The second-order valence-corrected chi connectivity index (χ2v) is 5.88. The third-order valence-electron chi connectivity index (χ3n) is 3.00. The first-order valence-electron chi connectivity index (χ1n) is 6.43. The van der Waals surface area contributed by atoms with Crippen LogP contribution in [0.3, 0.4) is 0 Å². The molecule has 2 nitrogen and oxygen atoms in total. The highest BCUT2D eigenvalue weighted by atomic mass is 32.2. The lowest BCUT2D eigenvalue weighted by Gasteiger charge is -2.07. The van der Waals surface area contributed by atoms with E-state index in [1.807, 2.05) is 0 Å². The van der Waals surface area contributed by atoms with Crippen molar-refractivity contribution < 1.29 is 26.9 Å². The minimum Gasteiger partial charge on any atom is -0.612 e. The number of ether oxygens (including phenoxy) is 1. The quantitative estimate of drug-likeness (QED) is 0.463. The Bertz CT molecular complexity index is 691. The van der Waals surface area contributed by atoms with Crippen molar-refractivity contribution in [2.45, 2.75) is 5.75 Å². The molecular formula is C16H12F4O2S. The first kappa shape index (κ1) is 17.4. The Kier molecular flexibility index (Phi) is 5.68. The summed E-state index contributed by atoms with van der Waals surface area (Å²) < 4.78 is 69.9. The monoisotopic (exact) mass is 344 g/mol. The molecule has 23 heavy (non-hydrogen) atoms. The van der Waals surface area contributed by atoms with Crippen LogP contribution < -0.4 is 4.74 Å². The van der Waals surface area contributed by atoms with Crippen LogP contribution in [-0.4, -0.2) is 11.7 Å². The van der Waals surface area contributed by atoms with Gasteiger partial charge in [-0.1, -0.05) is 12.1 Å². The van der Waals surface area contributed by atoms with Gasteiger partial charge in [0.15, 0.2) is 23.3 Å². The summed E-state index contributed by atoms with van der Waals surface area (Å²) in [4.78, 5) is 0. The molecule has 2 aromatic carbocycles. The van der Waals surface area contributed by atoms with Crippen molar-refractivity contribution >= 4 is 17.3 Å². The van der Waals surface area contributed by atoms with E-state index in [1.54, 1.807) is 24.3 Å². The number of benzene rings is 2. The SMILES string of the molecule is COc1ccc(C[S+]([O-])/C=C/c2c(F)c(F)cc(F)c2F)cc1. The van der Waals surface area contributed by atoms with Gasteiger partial charge in [0.2, 0.25) is 0 Å². The fourth-order valence-electron chi connectivity index (χ4n) is 1.82. The number of hydrogen-bond acceptors (Lipinski definition) is 2. The molecule has 0 aliphatic heterocycles. The van der Waals surface area contributed by atoms with Crippen molar-refractivity contribution in [1.82, 2.24) is 0 Å². The first-order valence-corrected chi connectivity index (χ1v) is 7.82. The number of halogens is 4. The minimum absolute atomic E-state index is 0.0849. The van der Waals surface area contributed by atoms with E-state index >= 15 is 0 Å². The highest BCUT2D eigenvalue weighted by molar-refractivity contribution is 7.93. The van der Waals surface area contributed by atoms with E-state index < -0.39 is 40.0 Å². The standard InChI is InChI=1S/C16H12F4O2S/c1-22-11-4-2-10(3-5-11)9-23(21)7-6-12-15(19)13(17)8-14(18)16(12)20/h2-8H,9H2,1H3/b7-6+. The van der Waals surface area contributed by atoms with Gasteiger partial charge in [0.1, 0.15) is 16.9 Å². The van der Waals surface area contributed by atoms with Crippen LogP contribution in [-0.2, 0) is 16.9 Å². The van der Waals surface area contributed by atoms with Gasteiger partial charge in [0.05, 0.1) is 12.7 Å². The summed E-state index contributed by atoms with van der Waals surface area (Å²) in [5, 5.41) is 0.991. The molecule has 1 atom stereocenters. The van der Waals surface area contributed by atoms with Crippen LogP contribution in [0.4, 0.5) is 17.6 Å². The zero-order valence-electron chi connectivity index (χ0n) is 12.0. The topological polar surface area (TPSA) is 32.3 Å². The summed E-state index contributed by atoms with van der Waals surface area (Å²) in [6.07, 6.45) is 0.774. The molecule has 0 saturated heterocycles. The van der Waals surface area contributed by atoms with E-state index in [9.17, 15) is 22.1 Å². The highest BCUT2D eigenvalue weighted by Gasteiger charge is 2.17. The van der Waals surface area contributed by atoms with E-state index in [1.165, 1.54) is 7.11 Å². The zero-order valence-corrected chi connectivity index (χ0v) is 12.8. The Morgan fingerprint density at radius 3 is 2.13 bits per heavy atom. The maximum absolute atomic E-state index is 13.5. The number of methoxy groups -OCH3 is 1. The molecule has 2 aromatic rings. The van der Waals surface area contributed by atoms with Crippen LogP contribution in [0.2, 0.25) is 0 Å². The van der Waals surface area contributed by atoms with Crippen LogP contribution in [0.25, 0.3) is 6.08 Å². The Labute approximate surface area is 133 Å². The van der Waals surface area contributed by atoms with Gasteiger partial charge < -0.3 is 9.29 Å². The molecule has 0 radical (unpaired) electrons. The molecule has 0 aliphatic rings. The highest BCUT2D eigenvalue weighted by Crippen LogP contribution is 2.21. The van der Waals surface area contributed by atoms with E-state index in [2.05, 4.69) is 0 Å². The predicted octanol–water partition coefficient (Wildman–Crippen LogP) is 4.17. The van der Waals surface area contributed by atoms with Crippen LogP contribution in [0.15, 0.2) is 35.7 Å². The lowest BCUT2D eigenvalue weighted by molar-refractivity contribution is 0.414. The summed E-state index contributed by atoms with van der Waals surface area (Å²) in [6, 6.07) is 6.85. The van der Waals surface area contributed by atoms with Crippen LogP contribution >= 0.6 is 0 Å². The molecule has 2 rings (SSSR count). The van der Waals surface area contributed by atoms with Gasteiger partial charge in [-0.05, 0) is 29.4 Å². The van der Waals surface area contributed by atoms with Crippen molar-refractivity contribution in [3.05, 3.63) is 70.1 Å². The predicted molar refractivity (Wildman–Crippen MR) is 80.1 cm³/mol.